The fourth-order valence-corrected chi connectivity index (χ4v) is 4.23. The Morgan fingerprint density at radius 2 is 0.792 bits per heavy atom. The van der Waals surface area contributed by atoms with Crippen LogP contribution in [0.15, 0.2) is 0 Å². The van der Waals surface area contributed by atoms with Gasteiger partial charge in [0.1, 0.15) is 0 Å². The van der Waals surface area contributed by atoms with E-state index in [-0.39, 0.29) is 0 Å². The van der Waals surface area contributed by atoms with Gasteiger partial charge in [0.15, 0.2) is 0 Å². The van der Waals surface area contributed by atoms with E-state index >= 15 is 0 Å². The standard InChI is InChI=1S/C15H39N4Si3.CH.W/c1-20(2,3)16-10-13-19(14-11-17-21(4,5)6)15-12-18-22(7,8)9;;/h10-15H2,1-9H3;1H;/q-3;;. The van der Waals surface area contributed by atoms with Gasteiger partial charge in [-0.05, 0) is 19.6 Å². The van der Waals surface area contributed by atoms with Gasteiger partial charge in [-0.15, -0.1) is 19.6 Å². The number of hydrogen-bond acceptors (Lipinski definition) is 1. The monoisotopic (exact) mass is 556 g/mol. The van der Waals surface area contributed by atoms with Crippen LogP contribution < -0.4 is 0 Å². The van der Waals surface area contributed by atoms with E-state index in [2.05, 4.69) is 68.5 Å². The Kier molecular flexibility index (Phi) is 14.9. The minimum atomic E-state index is -1.28. The second-order valence-electron chi connectivity index (χ2n) is 9.00. The molecule has 0 aliphatic heterocycles. The van der Waals surface area contributed by atoms with Gasteiger partial charge in [0.25, 0.3) is 0 Å². The molecule has 4 nitrogen and oxygen atoms in total. The Labute approximate surface area is 166 Å². The number of rotatable bonds is 12. The fourth-order valence-electron chi connectivity index (χ4n) is 1.92. The van der Waals surface area contributed by atoms with Gasteiger partial charge in [-0.2, -0.15) is 0 Å². The molecule has 0 aliphatic rings. The molecule has 0 bridgehead atoms. The van der Waals surface area contributed by atoms with Crippen molar-refractivity contribution in [3.63, 3.8) is 0 Å². The van der Waals surface area contributed by atoms with E-state index in [1.165, 1.54) is 0 Å². The summed E-state index contributed by atoms with van der Waals surface area (Å²) in [6.07, 6.45) is 0. The van der Waals surface area contributed by atoms with E-state index in [4.69, 9.17) is 14.9 Å². The van der Waals surface area contributed by atoms with Gasteiger partial charge in [-0.3, -0.25) is 0 Å². The van der Waals surface area contributed by atoms with E-state index < -0.39 is 24.7 Å². The summed E-state index contributed by atoms with van der Waals surface area (Å²) < 4.78 is 4.58. The van der Waals surface area contributed by atoms with Crippen LogP contribution in [0.2, 0.25) is 58.9 Å². The van der Waals surface area contributed by atoms with Gasteiger partial charge >= 0.3 is 23.9 Å². The second-order valence-corrected chi connectivity index (χ2v) is 23.0. The summed E-state index contributed by atoms with van der Waals surface area (Å²) in [6.45, 7) is 26.8. The van der Waals surface area contributed by atoms with Gasteiger partial charge in [0.2, 0.25) is 0 Å². The maximum absolute atomic E-state index is 4.86. The van der Waals surface area contributed by atoms with Crippen LogP contribution in [-0.4, -0.2) is 68.9 Å². The quantitative estimate of drug-likeness (QED) is 0.311. The van der Waals surface area contributed by atoms with E-state index in [0.29, 0.717) is 0 Å². The van der Waals surface area contributed by atoms with Crippen LogP contribution in [0, 0.1) is 4.71 Å². The molecule has 0 N–H and O–H groups in total. The number of nitrogens with zero attached hydrogens (tertiary/aromatic N) is 4. The molecular formula is C16H40N4Si3W-3. The molecule has 0 aromatic carbocycles. The molecule has 24 heavy (non-hydrogen) atoms. The first-order valence-electron chi connectivity index (χ1n) is 8.80. The van der Waals surface area contributed by atoms with Crippen LogP contribution in [0.1, 0.15) is 0 Å². The molecule has 145 valence electrons. The van der Waals surface area contributed by atoms with Gasteiger partial charge < -0.3 is 19.8 Å². The van der Waals surface area contributed by atoms with E-state index in [1.807, 2.05) is 0 Å². The van der Waals surface area contributed by atoms with Crippen molar-refractivity contribution in [2.45, 2.75) is 58.9 Å². The SMILES string of the molecule is C[Si](C)(C)[N-]CCN(CC[N-][Si](C)(C)C)CC[N-][Si](C)(C)C.[CH]#[W]. The van der Waals surface area contributed by atoms with Crippen molar-refractivity contribution in [1.29, 1.82) is 0 Å². The Morgan fingerprint density at radius 3 is 0.958 bits per heavy atom. The van der Waals surface area contributed by atoms with E-state index in [0.717, 1.165) is 58.4 Å². The third-order valence-electron chi connectivity index (χ3n) is 3.01. The van der Waals surface area contributed by atoms with Crippen molar-refractivity contribution in [1.82, 2.24) is 4.90 Å². The normalized spacial score (nSPS) is 12.8. The van der Waals surface area contributed by atoms with Crippen molar-refractivity contribution in [3.8, 4) is 4.71 Å². The zero-order chi connectivity index (χ0) is 19.4. The van der Waals surface area contributed by atoms with Crippen molar-refractivity contribution in [2.75, 3.05) is 39.3 Å². The molecule has 0 saturated heterocycles. The zero-order valence-electron chi connectivity index (χ0n) is 17.5. The fraction of sp³-hybridized carbons (Fsp3) is 0.938. The summed E-state index contributed by atoms with van der Waals surface area (Å²) in [4.78, 5) is 17.1. The first-order valence-corrected chi connectivity index (χ1v) is 20.8. The van der Waals surface area contributed by atoms with E-state index in [1.54, 1.807) is 0 Å². The Hall–Kier alpha value is 0.959. The van der Waals surface area contributed by atoms with Gasteiger partial charge in [-0.1, -0.05) is 83.6 Å². The predicted octanol–water partition coefficient (Wildman–Crippen LogP) is 5.04. The molecule has 0 fully saturated rings. The molecule has 8 heteroatoms. The Bertz CT molecular complexity index is 285. The molecule has 0 aliphatic carbocycles. The summed E-state index contributed by atoms with van der Waals surface area (Å²) in [5, 5.41) is 0. The first-order chi connectivity index (χ1) is 10.8. The van der Waals surface area contributed by atoms with Gasteiger partial charge in [0.05, 0.1) is 0 Å². The molecule has 0 radical (unpaired) electrons. The second kappa shape index (κ2) is 13.2. The van der Waals surface area contributed by atoms with Crippen LogP contribution in [0.3, 0.4) is 0 Å². The zero-order valence-corrected chi connectivity index (χ0v) is 23.5. The van der Waals surface area contributed by atoms with Crippen molar-refractivity contribution in [2.24, 2.45) is 0 Å². The molecule has 0 amide bonds. The van der Waals surface area contributed by atoms with Crippen LogP contribution in [-0.2, 0) is 19.2 Å². The van der Waals surface area contributed by atoms with Crippen molar-refractivity contribution >= 4 is 24.7 Å². The Balaban J connectivity index is 0. The third kappa shape index (κ3) is 23.0. The molecule has 0 rings (SSSR count). The molecule has 0 spiro atoms. The molecule has 0 unspecified atom stereocenters. The third-order valence-corrected chi connectivity index (χ3v) is 6.52. The average molecular weight is 557 g/mol. The summed E-state index contributed by atoms with van der Waals surface area (Å²) in [5.41, 5.74) is 0. The summed E-state index contributed by atoms with van der Waals surface area (Å²) in [5.74, 6) is 0. The predicted molar refractivity (Wildman–Crippen MR) is 116 cm³/mol. The Morgan fingerprint density at radius 1 is 0.583 bits per heavy atom. The van der Waals surface area contributed by atoms with Gasteiger partial charge in [0, 0.05) is 0 Å². The summed E-state index contributed by atoms with van der Waals surface area (Å²) >= 11 is 1.08. The maximum atomic E-state index is 4.86. The molecule has 0 heterocycles. The minimum absolute atomic E-state index is 0.968. The molecule has 0 aromatic heterocycles. The molecule has 0 aromatic rings. The average Bonchev–Trinajstić information content (AvgIpc) is 2.36. The topological polar surface area (TPSA) is 45.5 Å². The first kappa shape index (κ1) is 27.2. The van der Waals surface area contributed by atoms with Crippen LogP contribution >= 0.6 is 0 Å². The van der Waals surface area contributed by atoms with Gasteiger partial charge in [-0.25, -0.2) is 0 Å². The molecule has 0 atom stereocenters. The molecule has 0 saturated carbocycles. The summed E-state index contributed by atoms with van der Waals surface area (Å²) in [7, 11) is -3.84. The number of hydrogen-bond donors (Lipinski definition) is 0. The van der Waals surface area contributed by atoms with Crippen LogP contribution in [0.25, 0.3) is 14.9 Å². The van der Waals surface area contributed by atoms with Crippen LogP contribution in [0.5, 0.6) is 0 Å². The van der Waals surface area contributed by atoms with Crippen molar-refractivity contribution < 1.29 is 19.2 Å². The summed E-state index contributed by atoms with van der Waals surface area (Å²) in [6, 6.07) is 0. The van der Waals surface area contributed by atoms with E-state index in [9.17, 15) is 0 Å². The molecular weight excluding hydrogens is 516 g/mol. The van der Waals surface area contributed by atoms with Crippen LogP contribution in [0.4, 0.5) is 0 Å². The van der Waals surface area contributed by atoms with Crippen molar-refractivity contribution in [3.05, 3.63) is 14.9 Å².